The second-order valence-corrected chi connectivity index (χ2v) is 5.32. The first-order valence-electron chi connectivity index (χ1n) is 7.30. The van der Waals surface area contributed by atoms with Crippen molar-refractivity contribution < 1.29 is 4.74 Å². The number of aromatic nitrogens is 3. The van der Waals surface area contributed by atoms with Crippen LogP contribution >= 0.6 is 0 Å². The molecule has 0 saturated heterocycles. The molecule has 1 unspecified atom stereocenters. The highest BCUT2D eigenvalue weighted by Crippen LogP contribution is 2.30. The van der Waals surface area contributed by atoms with Gasteiger partial charge < -0.3 is 10.1 Å². The average Bonchev–Trinajstić information content (AvgIpc) is 2.82. The molecule has 0 spiro atoms. The van der Waals surface area contributed by atoms with E-state index in [1.807, 2.05) is 17.9 Å². The van der Waals surface area contributed by atoms with Crippen molar-refractivity contribution in [3.8, 4) is 5.75 Å². The monoisotopic (exact) mass is 288 g/mol. The topological polar surface area (TPSA) is 52.0 Å². The van der Waals surface area contributed by atoms with E-state index in [2.05, 4.69) is 42.2 Å². The number of methoxy groups -OCH3 is 1. The van der Waals surface area contributed by atoms with Gasteiger partial charge in [-0.1, -0.05) is 13.0 Å². The standard InChI is InChI=1S/C16H24N4O/c1-6-7-17-15(14-12(3)8-11(2)9-18-14)16-13(21-5)10-19-20(16)4/h8-10,15,17H,6-7H2,1-5H3. The summed E-state index contributed by atoms with van der Waals surface area (Å²) in [6, 6.07) is 2.14. The first kappa shape index (κ1) is 15.5. The molecule has 2 aromatic rings. The molecule has 0 saturated carbocycles. The highest BCUT2D eigenvalue weighted by Gasteiger charge is 2.24. The fourth-order valence-corrected chi connectivity index (χ4v) is 2.55. The van der Waals surface area contributed by atoms with Crippen molar-refractivity contribution in [1.29, 1.82) is 0 Å². The molecule has 0 amide bonds. The molecule has 0 bridgehead atoms. The van der Waals surface area contributed by atoms with E-state index in [1.54, 1.807) is 13.3 Å². The Morgan fingerprint density at radius 1 is 1.33 bits per heavy atom. The highest BCUT2D eigenvalue weighted by atomic mass is 16.5. The molecule has 1 N–H and O–H groups in total. The summed E-state index contributed by atoms with van der Waals surface area (Å²) in [4.78, 5) is 4.64. The van der Waals surface area contributed by atoms with Crippen molar-refractivity contribution in [3.63, 3.8) is 0 Å². The Balaban J connectivity index is 2.49. The molecule has 114 valence electrons. The summed E-state index contributed by atoms with van der Waals surface area (Å²) >= 11 is 0. The van der Waals surface area contributed by atoms with Crippen LogP contribution in [0.5, 0.6) is 5.75 Å². The van der Waals surface area contributed by atoms with Crippen molar-refractivity contribution in [3.05, 3.63) is 41.0 Å². The second kappa shape index (κ2) is 6.72. The van der Waals surface area contributed by atoms with Gasteiger partial charge in [0, 0.05) is 13.2 Å². The van der Waals surface area contributed by atoms with Crippen molar-refractivity contribution in [2.24, 2.45) is 7.05 Å². The number of pyridine rings is 1. The number of rotatable bonds is 6. The lowest BCUT2D eigenvalue weighted by Gasteiger charge is -2.21. The number of ether oxygens (including phenoxy) is 1. The van der Waals surface area contributed by atoms with Crippen molar-refractivity contribution in [2.75, 3.05) is 13.7 Å². The third-order valence-electron chi connectivity index (χ3n) is 3.57. The maximum absolute atomic E-state index is 5.46. The van der Waals surface area contributed by atoms with Gasteiger partial charge in [-0.2, -0.15) is 5.10 Å². The van der Waals surface area contributed by atoms with Crippen LogP contribution in [0, 0.1) is 13.8 Å². The summed E-state index contributed by atoms with van der Waals surface area (Å²) in [5, 5.41) is 7.87. The van der Waals surface area contributed by atoms with Crippen LogP contribution in [0.4, 0.5) is 0 Å². The molecule has 0 aliphatic heterocycles. The number of aryl methyl sites for hydroxylation is 3. The molecule has 2 rings (SSSR count). The predicted octanol–water partition coefficient (Wildman–Crippen LogP) is 2.53. The fourth-order valence-electron chi connectivity index (χ4n) is 2.55. The van der Waals surface area contributed by atoms with E-state index in [1.165, 1.54) is 11.1 Å². The van der Waals surface area contributed by atoms with Crippen LogP contribution in [0.25, 0.3) is 0 Å². The van der Waals surface area contributed by atoms with Crippen LogP contribution in [0.1, 0.15) is 41.9 Å². The molecule has 5 nitrogen and oxygen atoms in total. The zero-order chi connectivity index (χ0) is 15.4. The quantitative estimate of drug-likeness (QED) is 0.887. The van der Waals surface area contributed by atoms with Gasteiger partial charge in [0.05, 0.1) is 25.0 Å². The largest absolute Gasteiger partial charge is 0.493 e. The van der Waals surface area contributed by atoms with Gasteiger partial charge in [-0.25, -0.2) is 0 Å². The smallest absolute Gasteiger partial charge is 0.161 e. The first-order chi connectivity index (χ1) is 10.1. The van der Waals surface area contributed by atoms with Crippen LogP contribution in [-0.4, -0.2) is 28.4 Å². The molecule has 5 heteroatoms. The van der Waals surface area contributed by atoms with Gasteiger partial charge in [-0.05, 0) is 37.9 Å². The van der Waals surface area contributed by atoms with Gasteiger partial charge in [0.2, 0.25) is 0 Å². The third-order valence-corrected chi connectivity index (χ3v) is 3.57. The Labute approximate surface area is 126 Å². The lowest BCUT2D eigenvalue weighted by atomic mass is 10.0. The summed E-state index contributed by atoms with van der Waals surface area (Å²) in [6.45, 7) is 7.22. The third kappa shape index (κ3) is 3.24. The Bertz CT molecular complexity index is 606. The van der Waals surface area contributed by atoms with Crippen molar-refractivity contribution in [1.82, 2.24) is 20.1 Å². The second-order valence-electron chi connectivity index (χ2n) is 5.32. The maximum Gasteiger partial charge on any atom is 0.161 e. The molecule has 21 heavy (non-hydrogen) atoms. The molecule has 0 radical (unpaired) electrons. The summed E-state index contributed by atoms with van der Waals surface area (Å²) < 4.78 is 7.32. The molecular weight excluding hydrogens is 264 g/mol. The van der Waals surface area contributed by atoms with Gasteiger partial charge in [-0.15, -0.1) is 0 Å². The number of hydrogen-bond donors (Lipinski definition) is 1. The fraction of sp³-hybridized carbons (Fsp3) is 0.500. The van der Waals surface area contributed by atoms with E-state index < -0.39 is 0 Å². The van der Waals surface area contributed by atoms with Crippen LogP contribution < -0.4 is 10.1 Å². The summed E-state index contributed by atoms with van der Waals surface area (Å²) in [6.07, 6.45) is 4.72. The zero-order valence-electron chi connectivity index (χ0n) is 13.5. The Kier molecular flexibility index (Phi) is 4.96. The van der Waals surface area contributed by atoms with Gasteiger partial charge in [0.15, 0.2) is 5.75 Å². The van der Waals surface area contributed by atoms with Crippen LogP contribution in [0.2, 0.25) is 0 Å². The van der Waals surface area contributed by atoms with Gasteiger partial charge >= 0.3 is 0 Å². The summed E-state index contributed by atoms with van der Waals surface area (Å²) in [7, 11) is 3.61. The van der Waals surface area contributed by atoms with Crippen LogP contribution in [-0.2, 0) is 7.05 Å². The SMILES string of the molecule is CCCNC(c1ncc(C)cc1C)c1c(OC)cnn1C. The van der Waals surface area contributed by atoms with E-state index >= 15 is 0 Å². The molecule has 0 fully saturated rings. The Morgan fingerprint density at radius 3 is 2.71 bits per heavy atom. The van der Waals surface area contributed by atoms with E-state index in [0.29, 0.717) is 0 Å². The first-order valence-corrected chi connectivity index (χ1v) is 7.30. The van der Waals surface area contributed by atoms with E-state index in [4.69, 9.17) is 4.74 Å². The normalized spacial score (nSPS) is 12.4. The number of hydrogen-bond acceptors (Lipinski definition) is 4. The van der Waals surface area contributed by atoms with E-state index in [9.17, 15) is 0 Å². The molecule has 2 aromatic heterocycles. The maximum atomic E-state index is 5.46. The molecular formula is C16H24N4O. The van der Waals surface area contributed by atoms with Crippen molar-refractivity contribution in [2.45, 2.75) is 33.2 Å². The minimum atomic E-state index is -0.0204. The van der Waals surface area contributed by atoms with Crippen LogP contribution in [0.15, 0.2) is 18.5 Å². The van der Waals surface area contributed by atoms with Gasteiger partial charge in [0.1, 0.15) is 5.69 Å². The van der Waals surface area contributed by atoms with Gasteiger partial charge in [-0.3, -0.25) is 9.67 Å². The summed E-state index contributed by atoms with van der Waals surface area (Å²) in [5.41, 5.74) is 4.37. The Hall–Kier alpha value is -1.88. The molecule has 0 aliphatic rings. The Morgan fingerprint density at radius 2 is 2.10 bits per heavy atom. The van der Waals surface area contributed by atoms with Crippen molar-refractivity contribution >= 4 is 0 Å². The van der Waals surface area contributed by atoms with E-state index in [-0.39, 0.29) is 6.04 Å². The lowest BCUT2D eigenvalue weighted by molar-refractivity contribution is 0.399. The lowest BCUT2D eigenvalue weighted by Crippen LogP contribution is -2.27. The van der Waals surface area contributed by atoms with Crippen LogP contribution in [0.3, 0.4) is 0 Å². The highest BCUT2D eigenvalue weighted by molar-refractivity contribution is 5.37. The predicted molar refractivity (Wildman–Crippen MR) is 83.6 cm³/mol. The zero-order valence-corrected chi connectivity index (χ0v) is 13.5. The van der Waals surface area contributed by atoms with Gasteiger partial charge in [0.25, 0.3) is 0 Å². The number of nitrogens with zero attached hydrogens (tertiary/aromatic N) is 3. The summed E-state index contributed by atoms with van der Waals surface area (Å²) in [5.74, 6) is 0.785. The minimum Gasteiger partial charge on any atom is -0.493 e. The number of nitrogens with one attached hydrogen (secondary N) is 1. The minimum absolute atomic E-state index is 0.0204. The molecule has 2 heterocycles. The molecule has 1 atom stereocenters. The van der Waals surface area contributed by atoms with E-state index in [0.717, 1.165) is 30.1 Å². The molecule has 0 aliphatic carbocycles. The average molecular weight is 288 g/mol. The molecule has 0 aromatic carbocycles.